The summed E-state index contributed by atoms with van der Waals surface area (Å²) < 4.78 is 5.37. The van der Waals surface area contributed by atoms with Crippen LogP contribution in [0.5, 0.6) is 0 Å². The van der Waals surface area contributed by atoms with E-state index < -0.39 is 12.1 Å². The largest absolute Gasteiger partial charge is 0.391 e. The number of aryl methyl sites for hydroxylation is 1. The summed E-state index contributed by atoms with van der Waals surface area (Å²) in [4.78, 5) is 35.3. The van der Waals surface area contributed by atoms with E-state index in [0.29, 0.717) is 26.3 Å². The molecule has 2 fully saturated rings. The van der Waals surface area contributed by atoms with Crippen LogP contribution in [0.15, 0.2) is 29.8 Å². The van der Waals surface area contributed by atoms with Crippen LogP contribution in [0.25, 0.3) is 10.4 Å². The summed E-state index contributed by atoms with van der Waals surface area (Å²) in [6.45, 7) is 8.07. The number of benzene rings is 1. The first-order valence-electron chi connectivity index (χ1n) is 11.5. The SMILES string of the molecule is Cc1ncsc1-c1ccc(CNC(=O)[C@@H]2CC(O)CN2C(=O)C(C)CN2CCOCC2)cc1. The number of amides is 2. The fourth-order valence-electron chi connectivity index (χ4n) is 4.50. The highest BCUT2D eigenvalue weighted by Gasteiger charge is 2.40. The van der Waals surface area contributed by atoms with E-state index in [1.165, 1.54) is 0 Å². The summed E-state index contributed by atoms with van der Waals surface area (Å²) in [5.74, 6) is -0.547. The van der Waals surface area contributed by atoms with Gasteiger partial charge in [0, 0.05) is 45.1 Å². The summed E-state index contributed by atoms with van der Waals surface area (Å²) in [6, 6.07) is 7.41. The van der Waals surface area contributed by atoms with Gasteiger partial charge in [0.2, 0.25) is 11.8 Å². The van der Waals surface area contributed by atoms with E-state index in [9.17, 15) is 14.7 Å². The minimum Gasteiger partial charge on any atom is -0.391 e. The number of carbonyl (C=O) groups is 2. The van der Waals surface area contributed by atoms with Crippen LogP contribution in [-0.2, 0) is 20.9 Å². The molecule has 2 aliphatic rings. The first kappa shape index (κ1) is 23.8. The molecule has 2 amide bonds. The monoisotopic (exact) mass is 472 g/mol. The maximum Gasteiger partial charge on any atom is 0.243 e. The van der Waals surface area contributed by atoms with E-state index >= 15 is 0 Å². The van der Waals surface area contributed by atoms with Crippen molar-refractivity contribution in [1.82, 2.24) is 20.1 Å². The first-order valence-corrected chi connectivity index (χ1v) is 12.4. The lowest BCUT2D eigenvalue weighted by Crippen LogP contribution is -2.49. The molecule has 2 aromatic rings. The summed E-state index contributed by atoms with van der Waals surface area (Å²) in [7, 11) is 0. The van der Waals surface area contributed by atoms with Crippen molar-refractivity contribution in [1.29, 1.82) is 0 Å². The van der Waals surface area contributed by atoms with E-state index in [1.54, 1.807) is 16.2 Å². The quantitative estimate of drug-likeness (QED) is 0.637. The molecule has 0 aliphatic carbocycles. The lowest BCUT2D eigenvalue weighted by Gasteiger charge is -2.31. The summed E-state index contributed by atoms with van der Waals surface area (Å²) in [6.07, 6.45) is -0.409. The predicted octanol–water partition coefficient (Wildman–Crippen LogP) is 1.66. The molecule has 9 heteroatoms. The summed E-state index contributed by atoms with van der Waals surface area (Å²) in [5.41, 5.74) is 4.93. The molecule has 0 radical (unpaired) electrons. The minimum absolute atomic E-state index is 0.0810. The van der Waals surface area contributed by atoms with Gasteiger partial charge < -0.3 is 20.1 Å². The number of aliphatic hydroxyl groups is 1. The highest BCUT2D eigenvalue weighted by molar-refractivity contribution is 7.13. The number of nitrogens with zero attached hydrogens (tertiary/aromatic N) is 3. The number of hydrogen-bond donors (Lipinski definition) is 2. The lowest BCUT2D eigenvalue weighted by molar-refractivity contribution is -0.142. The van der Waals surface area contributed by atoms with Gasteiger partial charge in [0.1, 0.15) is 6.04 Å². The number of hydrogen-bond acceptors (Lipinski definition) is 7. The Morgan fingerprint density at radius 2 is 2.00 bits per heavy atom. The van der Waals surface area contributed by atoms with Crippen LogP contribution in [0.4, 0.5) is 0 Å². The Bertz CT molecular complexity index is 958. The van der Waals surface area contributed by atoms with Gasteiger partial charge in [0.25, 0.3) is 0 Å². The van der Waals surface area contributed by atoms with Gasteiger partial charge in [-0.05, 0) is 18.1 Å². The van der Waals surface area contributed by atoms with E-state index in [0.717, 1.165) is 34.8 Å². The minimum atomic E-state index is -0.679. The van der Waals surface area contributed by atoms with Gasteiger partial charge in [0.15, 0.2) is 0 Å². The summed E-state index contributed by atoms with van der Waals surface area (Å²) in [5, 5.41) is 13.1. The molecule has 3 atom stereocenters. The second kappa shape index (κ2) is 10.7. The molecule has 4 rings (SSSR count). The second-order valence-electron chi connectivity index (χ2n) is 8.89. The average Bonchev–Trinajstić information content (AvgIpc) is 3.43. The Kier molecular flexibility index (Phi) is 7.75. The maximum atomic E-state index is 13.1. The number of aromatic nitrogens is 1. The fraction of sp³-hybridized carbons (Fsp3) is 0.542. The Morgan fingerprint density at radius 1 is 1.27 bits per heavy atom. The van der Waals surface area contributed by atoms with Gasteiger partial charge in [-0.2, -0.15) is 0 Å². The van der Waals surface area contributed by atoms with E-state index in [1.807, 2.05) is 43.6 Å². The third-order valence-corrected chi connectivity index (χ3v) is 7.33. The molecule has 3 heterocycles. The molecule has 0 bridgehead atoms. The molecule has 2 unspecified atom stereocenters. The Hall–Kier alpha value is -2.33. The molecular weight excluding hydrogens is 440 g/mol. The van der Waals surface area contributed by atoms with Gasteiger partial charge >= 0.3 is 0 Å². The number of β-amino-alcohol motifs (C(OH)–C–C–N with tert-alkyl or cyclic N) is 1. The number of ether oxygens (including phenoxy) is 1. The molecule has 1 aromatic heterocycles. The number of likely N-dealkylation sites (tertiary alicyclic amines) is 1. The van der Waals surface area contributed by atoms with Crippen molar-refractivity contribution in [2.75, 3.05) is 39.4 Å². The molecule has 2 aliphatic heterocycles. The number of rotatable bonds is 7. The summed E-state index contributed by atoms with van der Waals surface area (Å²) >= 11 is 1.61. The number of thiazole rings is 1. The smallest absolute Gasteiger partial charge is 0.243 e. The zero-order valence-corrected chi connectivity index (χ0v) is 20.0. The molecular formula is C24H32N4O4S. The molecule has 0 spiro atoms. The van der Waals surface area contributed by atoms with Crippen LogP contribution in [-0.4, -0.2) is 83.2 Å². The molecule has 2 N–H and O–H groups in total. The number of carbonyl (C=O) groups excluding carboxylic acids is 2. The predicted molar refractivity (Wildman–Crippen MR) is 127 cm³/mol. The van der Waals surface area contributed by atoms with Crippen molar-refractivity contribution in [3.63, 3.8) is 0 Å². The number of nitrogens with one attached hydrogen (secondary N) is 1. The Balaban J connectivity index is 1.33. The molecule has 2 saturated heterocycles. The van der Waals surface area contributed by atoms with Crippen LogP contribution in [0, 0.1) is 12.8 Å². The van der Waals surface area contributed by atoms with Crippen molar-refractivity contribution in [3.8, 4) is 10.4 Å². The highest BCUT2D eigenvalue weighted by atomic mass is 32.1. The van der Waals surface area contributed by atoms with Crippen molar-refractivity contribution >= 4 is 23.2 Å². The zero-order chi connectivity index (χ0) is 23.4. The Labute approximate surface area is 198 Å². The van der Waals surface area contributed by atoms with E-state index in [-0.39, 0.29) is 30.7 Å². The Morgan fingerprint density at radius 3 is 2.67 bits per heavy atom. The second-order valence-corrected chi connectivity index (χ2v) is 9.75. The molecule has 0 saturated carbocycles. The van der Waals surface area contributed by atoms with Crippen LogP contribution in [0.3, 0.4) is 0 Å². The third kappa shape index (κ3) is 5.78. The number of aliphatic hydroxyl groups excluding tert-OH is 1. The fourth-order valence-corrected chi connectivity index (χ4v) is 5.31. The van der Waals surface area contributed by atoms with Crippen LogP contribution < -0.4 is 5.32 Å². The van der Waals surface area contributed by atoms with Crippen LogP contribution in [0.1, 0.15) is 24.6 Å². The first-order chi connectivity index (χ1) is 15.9. The van der Waals surface area contributed by atoms with Gasteiger partial charge in [0.05, 0.1) is 35.4 Å². The van der Waals surface area contributed by atoms with Gasteiger partial charge in [-0.1, -0.05) is 31.2 Å². The standard InChI is InChI=1S/C24H32N4O4S/c1-16(13-27-7-9-32-10-8-27)24(31)28-14-20(29)11-21(28)23(30)25-12-18-3-5-19(6-4-18)22-17(2)26-15-33-22/h3-6,15-16,20-21,29H,7-14H2,1-2H3,(H,25,30)/t16?,20?,21-/m0/s1. The average molecular weight is 473 g/mol. The molecule has 8 nitrogen and oxygen atoms in total. The molecule has 1 aromatic carbocycles. The van der Waals surface area contributed by atoms with E-state index in [4.69, 9.17) is 4.74 Å². The van der Waals surface area contributed by atoms with Gasteiger partial charge in [-0.15, -0.1) is 11.3 Å². The molecule has 33 heavy (non-hydrogen) atoms. The zero-order valence-electron chi connectivity index (χ0n) is 19.2. The van der Waals surface area contributed by atoms with Gasteiger partial charge in [-0.25, -0.2) is 4.98 Å². The topological polar surface area (TPSA) is 95.0 Å². The maximum absolute atomic E-state index is 13.1. The van der Waals surface area contributed by atoms with Crippen molar-refractivity contribution in [3.05, 3.63) is 41.0 Å². The van der Waals surface area contributed by atoms with Crippen molar-refractivity contribution in [2.24, 2.45) is 5.92 Å². The van der Waals surface area contributed by atoms with Crippen LogP contribution >= 0.6 is 11.3 Å². The van der Waals surface area contributed by atoms with Crippen molar-refractivity contribution < 1.29 is 19.4 Å². The van der Waals surface area contributed by atoms with Gasteiger partial charge in [-0.3, -0.25) is 14.5 Å². The van der Waals surface area contributed by atoms with Crippen LogP contribution in [0.2, 0.25) is 0 Å². The lowest BCUT2D eigenvalue weighted by atomic mass is 10.1. The van der Waals surface area contributed by atoms with Crippen molar-refractivity contribution in [2.45, 2.75) is 39.0 Å². The molecule has 178 valence electrons. The number of morpholine rings is 1. The third-order valence-electron chi connectivity index (χ3n) is 6.35. The van der Waals surface area contributed by atoms with E-state index in [2.05, 4.69) is 15.2 Å². The highest BCUT2D eigenvalue weighted by Crippen LogP contribution is 2.27. The normalized spacial score (nSPS) is 22.3.